The zero-order valence-electron chi connectivity index (χ0n) is 18.6. The molecule has 1 aromatic carbocycles. The van der Waals surface area contributed by atoms with E-state index in [2.05, 4.69) is 22.0 Å². The normalized spacial score (nSPS) is 24.0. The van der Waals surface area contributed by atoms with Crippen molar-refractivity contribution in [2.24, 2.45) is 4.99 Å². The van der Waals surface area contributed by atoms with Crippen LogP contribution in [-0.2, 0) is 11.3 Å². The zero-order chi connectivity index (χ0) is 22.8. The number of hydrogen-bond donors (Lipinski definition) is 1. The molecule has 174 valence electrons. The molecule has 2 unspecified atom stereocenters. The second-order valence-electron chi connectivity index (χ2n) is 8.59. The van der Waals surface area contributed by atoms with Gasteiger partial charge in [-0.15, -0.1) is 0 Å². The summed E-state index contributed by atoms with van der Waals surface area (Å²) in [4.78, 5) is 38.1. The number of piperazine rings is 1. The molecule has 1 aromatic rings. The molecule has 2 atom stereocenters. The van der Waals surface area contributed by atoms with Gasteiger partial charge in [-0.2, -0.15) is 0 Å². The standard InChI is InChI=1S/C22H30Cl2N6O2/c1-3-4-5-8-28-9-11-29(12-10-28)21-25-19-18(20(31)26-22(32)27(19)2)30(21)14-15-6-7-16(23)13-17(15)24/h6-7,13,18-19H,3-5,8-12,14H2,1-2H3,(H,26,31,32). The highest BCUT2D eigenvalue weighted by molar-refractivity contribution is 6.35. The molecule has 2 fully saturated rings. The topological polar surface area (TPSA) is 71.5 Å². The molecule has 3 amide bonds. The Morgan fingerprint density at radius 1 is 1.12 bits per heavy atom. The van der Waals surface area contributed by atoms with Gasteiger partial charge < -0.3 is 14.7 Å². The lowest BCUT2D eigenvalue weighted by Crippen LogP contribution is -2.64. The minimum atomic E-state index is -0.595. The van der Waals surface area contributed by atoms with E-state index in [1.54, 1.807) is 19.2 Å². The number of imide groups is 1. The summed E-state index contributed by atoms with van der Waals surface area (Å²) in [5, 5.41) is 3.56. The summed E-state index contributed by atoms with van der Waals surface area (Å²) in [6.07, 6.45) is 3.13. The van der Waals surface area contributed by atoms with E-state index in [-0.39, 0.29) is 5.91 Å². The monoisotopic (exact) mass is 480 g/mol. The van der Waals surface area contributed by atoms with Crippen LogP contribution in [0.25, 0.3) is 0 Å². The Balaban J connectivity index is 1.55. The van der Waals surface area contributed by atoms with Crippen molar-refractivity contribution in [1.29, 1.82) is 0 Å². The third-order valence-corrected chi connectivity index (χ3v) is 7.01. The molecule has 1 N–H and O–H groups in total. The summed E-state index contributed by atoms with van der Waals surface area (Å²) in [5.41, 5.74) is 0.856. The Labute approximate surface area is 199 Å². The van der Waals surface area contributed by atoms with Crippen molar-refractivity contribution in [1.82, 2.24) is 24.9 Å². The van der Waals surface area contributed by atoms with Crippen molar-refractivity contribution < 1.29 is 9.59 Å². The predicted octanol–water partition coefficient (Wildman–Crippen LogP) is 2.85. The Bertz CT molecular complexity index is 902. The number of amides is 3. The van der Waals surface area contributed by atoms with Crippen molar-refractivity contribution in [3.05, 3.63) is 33.8 Å². The summed E-state index contributed by atoms with van der Waals surface area (Å²) in [5.74, 6) is 0.413. The van der Waals surface area contributed by atoms with Gasteiger partial charge in [0.15, 0.2) is 18.2 Å². The lowest BCUT2D eigenvalue weighted by molar-refractivity contribution is -0.127. The van der Waals surface area contributed by atoms with E-state index in [9.17, 15) is 9.59 Å². The number of aliphatic imine (C=N–C) groups is 1. The molecule has 0 saturated carbocycles. The Morgan fingerprint density at radius 2 is 1.88 bits per heavy atom. The Kier molecular flexibility index (Phi) is 7.12. The van der Waals surface area contributed by atoms with E-state index >= 15 is 0 Å². The Morgan fingerprint density at radius 3 is 2.56 bits per heavy atom. The second kappa shape index (κ2) is 9.85. The number of carbonyl (C=O) groups excluding carboxylic acids is 2. The molecule has 0 aliphatic carbocycles. The fourth-order valence-corrected chi connectivity index (χ4v) is 5.00. The number of hydrogen-bond acceptors (Lipinski definition) is 6. The third kappa shape index (κ3) is 4.67. The second-order valence-corrected chi connectivity index (χ2v) is 9.44. The SMILES string of the molecule is CCCCCN1CCN(C2=NC3C(C(=O)NC(=O)N3C)N2Cc2ccc(Cl)cc2Cl)CC1. The van der Waals surface area contributed by atoms with Gasteiger partial charge in [0.25, 0.3) is 5.91 Å². The first-order chi connectivity index (χ1) is 15.4. The van der Waals surface area contributed by atoms with Gasteiger partial charge in [0, 0.05) is 49.8 Å². The molecule has 0 aromatic heterocycles. The average molecular weight is 481 g/mol. The zero-order valence-corrected chi connectivity index (χ0v) is 20.1. The molecular weight excluding hydrogens is 451 g/mol. The summed E-state index contributed by atoms with van der Waals surface area (Å²) in [6.45, 7) is 7.30. The van der Waals surface area contributed by atoms with Crippen molar-refractivity contribution >= 4 is 41.1 Å². The van der Waals surface area contributed by atoms with E-state index in [0.717, 1.165) is 44.2 Å². The summed E-state index contributed by atoms with van der Waals surface area (Å²) in [6, 6.07) is 4.35. The molecule has 3 aliphatic heterocycles. The number of likely N-dealkylation sites (N-methyl/N-ethyl adjacent to an activating group) is 1. The van der Waals surface area contributed by atoms with Crippen LogP contribution in [-0.4, -0.2) is 89.5 Å². The molecular formula is C22H30Cl2N6O2. The molecule has 8 nitrogen and oxygen atoms in total. The number of halogens is 2. The lowest BCUT2D eigenvalue weighted by Gasteiger charge is -2.40. The number of rotatable bonds is 6. The van der Waals surface area contributed by atoms with Gasteiger partial charge in [-0.3, -0.25) is 15.0 Å². The maximum absolute atomic E-state index is 12.8. The van der Waals surface area contributed by atoms with Crippen LogP contribution < -0.4 is 5.32 Å². The van der Waals surface area contributed by atoms with E-state index in [1.807, 2.05) is 11.0 Å². The van der Waals surface area contributed by atoms with E-state index < -0.39 is 18.2 Å². The van der Waals surface area contributed by atoms with E-state index in [0.29, 0.717) is 16.6 Å². The number of benzene rings is 1. The van der Waals surface area contributed by atoms with Crippen molar-refractivity contribution in [2.45, 2.75) is 44.9 Å². The van der Waals surface area contributed by atoms with Crippen LogP contribution in [0, 0.1) is 0 Å². The highest BCUT2D eigenvalue weighted by atomic mass is 35.5. The number of guanidine groups is 1. The predicted molar refractivity (Wildman–Crippen MR) is 126 cm³/mol. The van der Waals surface area contributed by atoms with E-state index in [4.69, 9.17) is 28.2 Å². The first-order valence-corrected chi connectivity index (χ1v) is 12.0. The summed E-state index contributed by atoms with van der Waals surface area (Å²) < 4.78 is 0. The van der Waals surface area contributed by atoms with Crippen LogP contribution >= 0.6 is 23.2 Å². The van der Waals surface area contributed by atoms with Gasteiger partial charge in [0.05, 0.1) is 0 Å². The fourth-order valence-electron chi connectivity index (χ4n) is 4.53. The van der Waals surface area contributed by atoms with Crippen LogP contribution in [0.3, 0.4) is 0 Å². The minimum absolute atomic E-state index is 0.333. The molecule has 0 spiro atoms. The maximum Gasteiger partial charge on any atom is 0.325 e. The van der Waals surface area contributed by atoms with Crippen molar-refractivity contribution in [3.8, 4) is 0 Å². The molecule has 4 rings (SSSR count). The van der Waals surface area contributed by atoms with Crippen molar-refractivity contribution in [2.75, 3.05) is 39.8 Å². The van der Waals surface area contributed by atoms with Gasteiger partial charge in [-0.25, -0.2) is 9.79 Å². The van der Waals surface area contributed by atoms with Crippen LogP contribution in [0.15, 0.2) is 23.2 Å². The number of unbranched alkanes of at least 4 members (excludes halogenated alkanes) is 2. The maximum atomic E-state index is 12.8. The van der Waals surface area contributed by atoms with Gasteiger partial charge >= 0.3 is 6.03 Å². The van der Waals surface area contributed by atoms with Crippen LogP contribution in [0.5, 0.6) is 0 Å². The molecule has 10 heteroatoms. The smallest absolute Gasteiger partial charge is 0.325 e. The molecule has 0 bridgehead atoms. The number of urea groups is 1. The number of nitrogens with zero attached hydrogens (tertiary/aromatic N) is 5. The first kappa shape index (κ1) is 23.1. The molecule has 32 heavy (non-hydrogen) atoms. The van der Waals surface area contributed by atoms with Crippen LogP contribution in [0.2, 0.25) is 10.0 Å². The highest BCUT2D eigenvalue weighted by Crippen LogP contribution is 2.30. The minimum Gasteiger partial charge on any atom is -0.340 e. The van der Waals surface area contributed by atoms with Gasteiger partial charge in [0.1, 0.15) is 0 Å². The van der Waals surface area contributed by atoms with Gasteiger partial charge in [-0.1, -0.05) is 49.0 Å². The third-order valence-electron chi connectivity index (χ3n) is 6.43. The van der Waals surface area contributed by atoms with Crippen molar-refractivity contribution in [3.63, 3.8) is 0 Å². The summed E-state index contributed by atoms with van der Waals surface area (Å²) >= 11 is 12.5. The highest BCUT2D eigenvalue weighted by Gasteiger charge is 2.49. The largest absolute Gasteiger partial charge is 0.340 e. The van der Waals surface area contributed by atoms with Crippen LogP contribution in [0.4, 0.5) is 4.79 Å². The van der Waals surface area contributed by atoms with Gasteiger partial charge in [0.2, 0.25) is 0 Å². The number of nitrogens with one attached hydrogen (secondary N) is 1. The first-order valence-electron chi connectivity index (χ1n) is 11.2. The fraction of sp³-hybridized carbons (Fsp3) is 0.591. The number of fused-ring (bicyclic) bond motifs is 1. The summed E-state index contributed by atoms with van der Waals surface area (Å²) in [7, 11) is 1.67. The molecule has 2 saturated heterocycles. The number of carbonyl (C=O) groups is 2. The molecule has 3 heterocycles. The molecule has 0 radical (unpaired) electrons. The van der Waals surface area contributed by atoms with Crippen LogP contribution in [0.1, 0.15) is 31.7 Å². The van der Waals surface area contributed by atoms with Gasteiger partial charge in [-0.05, 0) is 30.7 Å². The average Bonchev–Trinajstić information content (AvgIpc) is 3.15. The molecule has 3 aliphatic rings. The quantitative estimate of drug-likeness (QED) is 0.633. The lowest BCUT2D eigenvalue weighted by atomic mass is 10.1. The Hall–Kier alpha value is -2.03. The van der Waals surface area contributed by atoms with E-state index in [1.165, 1.54) is 24.2 Å².